The van der Waals surface area contributed by atoms with E-state index in [9.17, 15) is 4.79 Å². The standard InChI is InChI=1S/C14H14BrNO2S/c1-9(5-13-3-2-4-19-13)16-12-7-10(14(17)18)6-11(15)8-12/h2-4,6-9,16H,5H2,1H3,(H,17,18). The summed E-state index contributed by atoms with van der Waals surface area (Å²) in [7, 11) is 0. The minimum absolute atomic E-state index is 0.245. The second-order valence-corrected chi connectivity index (χ2v) is 6.31. The van der Waals surface area contributed by atoms with Crippen molar-refractivity contribution in [1.29, 1.82) is 0 Å². The van der Waals surface area contributed by atoms with Crippen LogP contribution in [0.3, 0.4) is 0 Å². The van der Waals surface area contributed by atoms with Gasteiger partial charge in [0.2, 0.25) is 0 Å². The zero-order valence-corrected chi connectivity index (χ0v) is 12.8. The summed E-state index contributed by atoms with van der Waals surface area (Å²) < 4.78 is 0.762. The van der Waals surface area contributed by atoms with E-state index in [4.69, 9.17) is 5.11 Å². The van der Waals surface area contributed by atoms with Gasteiger partial charge < -0.3 is 10.4 Å². The third-order valence-electron chi connectivity index (χ3n) is 2.65. The fourth-order valence-electron chi connectivity index (χ4n) is 1.86. The maximum absolute atomic E-state index is 11.0. The van der Waals surface area contributed by atoms with Crippen LogP contribution in [0.4, 0.5) is 5.69 Å². The van der Waals surface area contributed by atoms with Crippen molar-refractivity contribution < 1.29 is 9.90 Å². The molecule has 0 amide bonds. The number of aromatic carboxylic acids is 1. The van der Waals surface area contributed by atoms with E-state index in [1.807, 2.05) is 12.1 Å². The van der Waals surface area contributed by atoms with Crippen molar-refractivity contribution in [2.75, 3.05) is 5.32 Å². The van der Waals surface area contributed by atoms with Crippen LogP contribution in [0.1, 0.15) is 22.2 Å². The van der Waals surface area contributed by atoms with Gasteiger partial charge in [0.1, 0.15) is 0 Å². The van der Waals surface area contributed by atoms with Gasteiger partial charge in [0.15, 0.2) is 0 Å². The summed E-state index contributed by atoms with van der Waals surface area (Å²) in [4.78, 5) is 12.3. The molecule has 5 heteroatoms. The lowest BCUT2D eigenvalue weighted by Gasteiger charge is -2.15. The molecule has 19 heavy (non-hydrogen) atoms. The molecule has 1 aromatic heterocycles. The average molecular weight is 340 g/mol. The van der Waals surface area contributed by atoms with E-state index in [-0.39, 0.29) is 11.6 Å². The molecular weight excluding hydrogens is 326 g/mol. The number of thiophene rings is 1. The summed E-state index contributed by atoms with van der Waals surface area (Å²) in [6, 6.07) is 9.52. The minimum Gasteiger partial charge on any atom is -0.478 e. The lowest BCUT2D eigenvalue weighted by atomic mass is 10.1. The highest BCUT2D eigenvalue weighted by Crippen LogP contribution is 2.21. The molecule has 0 spiro atoms. The molecule has 2 N–H and O–H groups in total. The predicted octanol–water partition coefficient (Wildman–Crippen LogP) is 4.25. The maximum atomic E-state index is 11.0. The lowest BCUT2D eigenvalue weighted by molar-refractivity contribution is 0.0697. The SMILES string of the molecule is CC(Cc1cccs1)Nc1cc(Br)cc(C(=O)O)c1. The van der Waals surface area contributed by atoms with E-state index in [1.54, 1.807) is 23.5 Å². The largest absolute Gasteiger partial charge is 0.478 e. The summed E-state index contributed by atoms with van der Waals surface area (Å²) in [6.45, 7) is 2.08. The van der Waals surface area contributed by atoms with Crippen LogP contribution in [0.15, 0.2) is 40.2 Å². The quantitative estimate of drug-likeness (QED) is 0.855. The highest BCUT2D eigenvalue weighted by atomic mass is 79.9. The van der Waals surface area contributed by atoms with Crippen molar-refractivity contribution in [3.8, 4) is 0 Å². The van der Waals surface area contributed by atoms with Crippen LogP contribution >= 0.6 is 27.3 Å². The Morgan fingerprint density at radius 1 is 1.47 bits per heavy atom. The van der Waals surface area contributed by atoms with E-state index < -0.39 is 5.97 Å². The Kier molecular flexibility index (Phi) is 4.61. The minimum atomic E-state index is -0.921. The normalized spacial score (nSPS) is 12.1. The summed E-state index contributed by atoms with van der Waals surface area (Å²) in [5.74, 6) is -0.921. The van der Waals surface area contributed by atoms with Gasteiger partial charge in [-0.05, 0) is 36.6 Å². The topological polar surface area (TPSA) is 49.3 Å². The van der Waals surface area contributed by atoms with Gasteiger partial charge in [0.25, 0.3) is 0 Å². The predicted molar refractivity (Wildman–Crippen MR) is 82.2 cm³/mol. The van der Waals surface area contributed by atoms with E-state index >= 15 is 0 Å². The van der Waals surface area contributed by atoms with Crippen LogP contribution in [0.25, 0.3) is 0 Å². The smallest absolute Gasteiger partial charge is 0.335 e. The van der Waals surface area contributed by atoms with Crippen molar-refractivity contribution in [2.45, 2.75) is 19.4 Å². The Bertz CT molecular complexity index is 569. The molecule has 0 fully saturated rings. The molecule has 3 nitrogen and oxygen atoms in total. The van der Waals surface area contributed by atoms with Gasteiger partial charge in [0, 0.05) is 27.5 Å². The Labute approximate surface area is 124 Å². The number of nitrogens with one attached hydrogen (secondary N) is 1. The molecule has 0 aliphatic carbocycles. The zero-order valence-electron chi connectivity index (χ0n) is 10.4. The van der Waals surface area contributed by atoms with Gasteiger partial charge in [-0.2, -0.15) is 0 Å². The van der Waals surface area contributed by atoms with Crippen LogP contribution in [0.2, 0.25) is 0 Å². The van der Waals surface area contributed by atoms with Crippen molar-refractivity contribution in [1.82, 2.24) is 0 Å². The monoisotopic (exact) mass is 339 g/mol. The van der Waals surface area contributed by atoms with Gasteiger partial charge in [-0.1, -0.05) is 22.0 Å². The van der Waals surface area contributed by atoms with Crippen LogP contribution in [0, 0.1) is 0 Å². The molecule has 2 aromatic rings. The number of carboxylic acids is 1. The summed E-state index contributed by atoms with van der Waals surface area (Å²) in [5, 5.41) is 14.4. The number of carbonyl (C=O) groups is 1. The second-order valence-electron chi connectivity index (χ2n) is 4.36. The molecule has 0 saturated heterocycles. The Morgan fingerprint density at radius 3 is 2.89 bits per heavy atom. The maximum Gasteiger partial charge on any atom is 0.335 e. The first-order chi connectivity index (χ1) is 9.04. The Morgan fingerprint density at radius 2 is 2.26 bits per heavy atom. The average Bonchev–Trinajstić information content (AvgIpc) is 2.80. The molecule has 0 aliphatic rings. The number of hydrogen-bond donors (Lipinski definition) is 2. The van der Waals surface area contributed by atoms with Crippen molar-refractivity contribution in [2.24, 2.45) is 0 Å². The van der Waals surface area contributed by atoms with Crippen LogP contribution in [-0.2, 0) is 6.42 Å². The number of hydrogen-bond acceptors (Lipinski definition) is 3. The molecule has 2 rings (SSSR count). The second kappa shape index (κ2) is 6.21. The molecule has 1 atom stereocenters. The molecular formula is C14H14BrNO2S. The van der Waals surface area contributed by atoms with Gasteiger partial charge in [0.05, 0.1) is 5.56 Å². The van der Waals surface area contributed by atoms with E-state index in [2.05, 4.69) is 39.6 Å². The highest BCUT2D eigenvalue weighted by Gasteiger charge is 2.09. The number of halogens is 1. The molecule has 0 radical (unpaired) electrons. The van der Waals surface area contributed by atoms with E-state index in [1.165, 1.54) is 4.88 Å². The van der Waals surface area contributed by atoms with E-state index in [0.29, 0.717) is 0 Å². The van der Waals surface area contributed by atoms with Crippen LogP contribution < -0.4 is 5.32 Å². The number of rotatable bonds is 5. The van der Waals surface area contributed by atoms with Gasteiger partial charge >= 0.3 is 5.97 Å². The zero-order chi connectivity index (χ0) is 13.8. The highest BCUT2D eigenvalue weighted by molar-refractivity contribution is 9.10. The van der Waals surface area contributed by atoms with Crippen LogP contribution in [-0.4, -0.2) is 17.1 Å². The molecule has 1 unspecified atom stereocenters. The van der Waals surface area contributed by atoms with Gasteiger partial charge in [-0.3, -0.25) is 0 Å². The third-order valence-corrected chi connectivity index (χ3v) is 4.00. The Hall–Kier alpha value is -1.33. The first kappa shape index (κ1) is 14.1. The van der Waals surface area contributed by atoms with Crippen molar-refractivity contribution in [3.05, 3.63) is 50.6 Å². The molecule has 0 aliphatic heterocycles. The fraction of sp³-hybridized carbons (Fsp3) is 0.214. The van der Waals surface area contributed by atoms with Crippen molar-refractivity contribution >= 4 is 38.9 Å². The summed E-state index contributed by atoms with van der Waals surface area (Å²) in [5.41, 5.74) is 1.09. The molecule has 100 valence electrons. The lowest BCUT2D eigenvalue weighted by Crippen LogP contribution is -2.17. The first-order valence-electron chi connectivity index (χ1n) is 5.87. The molecule has 0 bridgehead atoms. The Balaban J connectivity index is 2.08. The first-order valence-corrected chi connectivity index (χ1v) is 7.54. The van der Waals surface area contributed by atoms with Crippen LogP contribution in [0.5, 0.6) is 0 Å². The number of benzene rings is 1. The fourth-order valence-corrected chi connectivity index (χ4v) is 3.19. The molecule has 1 heterocycles. The van der Waals surface area contributed by atoms with Crippen molar-refractivity contribution in [3.63, 3.8) is 0 Å². The molecule has 1 aromatic carbocycles. The van der Waals surface area contributed by atoms with Gasteiger partial charge in [-0.25, -0.2) is 4.79 Å². The van der Waals surface area contributed by atoms with E-state index in [0.717, 1.165) is 16.6 Å². The summed E-state index contributed by atoms with van der Waals surface area (Å²) in [6.07, 6.45) is 0.923. The molecule has 0 saturated carbocycles. The van der Waals surface area contributed by atoms with Gasteiger partial charge in [-0.15, -0.1) is 11.3 Å². The third kappa shape index (κ3) is 4.08. The number of anilines is 1. The number of carboxylic acid groups (broad SMARTS) is 1. The summed E-state index contributed by atoms with van der Waals surface area (Å²) >= 11 is 5.06.